The average Bonchev–Trinajstić information content (AvgIpc) is 3.09. The number of ether oxygens (including phenoxy) is 2. The van der Waals surface area contributed by atoms with Gasteiger partial charge in [-0.2, -0.15) is 5.26 Å². The Morgan fingerprint density at radius 2 is 2.07 bits per heavy atom. The number of H-pyrrole nitrogens is 1. The molecule has 0 spiro atoms. The van der Waals surface area contributed by atoms with Gasteiger partial charge in [-0.15, -0.1) is 0 Å². The van der Waals surface area contributed by atoms with Gasteiger partial charge < -0.3 is 14.5 Å². The summed E-state index contributed by atoms with van der Waals surface area (Å²) in [6, 6.07) is 13.7. The number of para-hydroxylation sites is 2. The van der Waals surface area contributed by atoms with Gasteiger partial charge in [0.2, 0.25) is 0 Å². The molecule has 0 saturated heterocycles. The van der Waals surface area contributed by atoms with Crippen molar-refractivity contribution in [3.8, 4) is 17.6 Å². The summed E-state index contributed by atoms with van der Waals surface area (Å²) >= 11 is 3.57. The second-order valence-electron chi connectivity index (χ2n) is 6.74. The van der Waals surface area contributed by atoms with E-state index in [2.05, 4.69) is 45.8 Å². The Bertz CT molecular complexity index is 1010. The number of fused-ring (bicyclic) bond motifs is 1. The molecule has 3 rings (SSSR count). The van der Waals surface area contributed by atoms with Crippen molar-refractivity contribution in [3.63, 3.8) is 0 Å². The number of halogens is 1. The first-order chi connectivity index (χ1) is 13.5. The molecule has 28 heavy (non-hydrogen) atoms. The van der Waals surface area contributed by atoms with Crippen LogP contribution in [0.25, 0.3) is 22.7 Å². The Labute approximate surface area is 173 Å². The summed E-state index contributed by atoms with van der Waals surface area (Å²) in [7, 11) is 0. The lowest BCUT2D eigenvalue weighted by atomic mass is 10.1. The van der Waals surface area contributed by atoms with Gasteiger partial charge in [0, 0.05) is 0 Å². The molecule has 3 aromatic rings. The molecule has 1 aromatic heterocycles. The molecule has 1 heterocycles. The molecule has 0 amide bonds. The van der Waals surface area contributed by atoms with Crippen molar-refractivity contribution in [1.82, 2.24) is 9.97 Å². The monoisotopic (exact) mass is 439 g/mol. The highest BCUT2D eigenvalue weighted by molar-refractivity contribution is 9.10. The third-order valence-electron chi connectivity index (χ3n) is 3.97. The highest BCUT2D eigenvalue weighted by Crippen LogP contribution is 2.38. The number of nitrogens with zero attached hydrogens (tertiary/aromatic N) is 2. The molecule has 0 aliphatic rings. The number of nitrogens with one attached hydrogen (secondary N) is 1. The van der Waals surface area contributed by atoms with Crippen LogP contribution in [0.5, 0.6) is 11.5 Å². The van der Waals surface area contributed by atoms with E-state index in [1.807, 2.05) is 43.3 Å². The average molecular weight is 440 g/mol. The van der Waals surface area contributed by atoms with Crippen LogP contribution in [-0.4, -0.2) is 23.2 Å². The van der Waals surface area contributed by atoms with Gasteiger partial charge in [0.25, 0.3) is 0 Å². The summed E-state index contributed by atoms with van der Waals surface area (Å²) in [5, 5.41) is 9.66. The first-order valence-corrected chi connectivity index (χ1v) is 9.97. The lowest BCUT2D eigenvalue weighted by Gasteiger charge is -2.16. The van der Waals surface area contributed by atoms with Gasteiger partial charge in [0.1, 0.15) is 11.9 Å². The van der Waals surface area contributed by atoms with Crippen molar-refractivity contribution in [2.75, 3.05) is 13.2 Å². The van der Waals surface area contributed by atoms with E-state index in [0.717, 1.165) is 21.1 Å². The Kier molecular flexibility index (Phi) is 6.37. The topological polar surface area (TPSA) is 70.9 Å². The molecular formula is C22H22BrN3O2. The molecular weight excluding hydrogens is 418 g/mol. The normalized spacial score (nSPS) is 11.6. The van der Waals surface area contributed by atoms with Crippen molar-refractivity contribution in [2.24, 2.45) is 5.92 Å². The molecule has 0 unspecified atom stereocenters. The number of hydrogen-bond donors (Lipinski definition) is 1. The maximum Gasteiger partial charge on any atom is 0.175 e. The van der Waals surface area contributed by atoms with E-state index in [1.54, 1.807) is 6.08 Å². The van der Waals surface area contributed by atoms with E-state index in [4.69, 9.17) is 9.47 Å². The summed E-state index contributed by atoms with van der Waals surface area (Å²) in [6.07, 6.45) is 1.79. The van der Waals surface area contributed by atoms with E-state index in [-0.39, 0.29) is 0 Å². The fraction of sp³-hybridized carbons (Fsp3) is 0.273. The third kappa shape index (κ3) is 4.55. The summed E-state index contributed by atoms with van der Waals surface area (Å²) < 4.78 is 12.5. The smallest absolute Gasteiger partial charge is 0.175 e. The number of allylic oxidation sites excluding steroid dienone is 1. The van der Waals surface area contributed by atoms with Crippen LogP contribution in [0.3, 0.4) is 0 Å². The number of benzene rings is 2. The zero-order valence-electron chi connectivity index (χ0n) is 16.1. The second kappa shape index (κ2) is 8.94. The number of aromatic nitrogens is 2. The Balaban J connectivity index is 2.00. The zero-order chi connectivity index (χ0) is 20.1. The van der Waals surface area contributed by atoms with Crippen LogP contribution < -0.4 is 9.47 Å². The van der Waals surface area contributed by atoms with Crippen LogP contribution >= 0.6 is 15.9 Å². The third-order valence-corrected chi connectivity index (χ3v) is 4.56. The first-order valence-electron chi connectivity index (χ1n) is 9.17. The molecule has 0 fully saturated rings. The van der Waals surface area contributed by atoms with Crippen LogP contribution in [0.4, 0.5) is 0 Å². The van der Waals surface area contributed by atoms with Crippen molar-refractivity contribution in [2.45, 2.75) is 20.8 Å². The van der Waals surface area contributed by atoms with Gasteiger partial charge in [0.05, 0.1) is 34.3 Å². The fourth-order valence-corrected chi connectivity index (χ4v) is 3.30. The first kappa shape index (κ1) is 20.0. The molecule has 0 aliphatic heterocycles. The second-order valence-corrected chi connectivity index (χ2v) is 7.59. The lowest BCUT2D eigenvalue weighted by molar-refractivity contribution is 0.246. The molecule has 144 valence electrons. The number of imidazole rings is 1. The van der Waals surface area contributed by atoms with Crippen LogP contribution in [0.15, 0.2) is 40.9 Å². The summed E-state index contributed by atoms with van der Waals surface area (Å²) in [5.41, 5.74) is 2.99. The van der Waals surface area contributed by atoms with E-state index >= 15 is 0 Å². The summed E-state index contributed by atoms with van der Waals surface area (Å²) in [5.74, 6) is 2.26. The van der Waals surface area contributed by atoms with Gasteiger partial charge in [-0.3, -0.25) is 0 Å². The molecule has 6 heteroatoms. The molecule has 2 aromatic carbocycles. The van der Waals surface area contributed by atoms with Crippen LogP contribution in [-0.2, 0) is 0 Å². The predicted octanol–water partition coefficient (Wildman–Crippen LogP) is 5.82. The molecule has 1 N–H and O–H groups in total. The Morgan fingerprint density at radius 3 is 2.75 bits per heavy atom. The van der Waals surface area contributed by atoms with Crippen molar-refractivity contribution < 1.29 is 9.47 Å². The summed E-state index contributed by atoms with van der Waals surface area (Å²) in [4.78, 5) is 7.71. The molecule has 5 nitrogen and oxygen atoms in total. The van der Waals surface area contributed by atoms with Crippen molar-refractivity contribution in [1.29, 1.82) is 5.26 Å². The van der Waals surface area contributed by atoms with Gasteiger partial charge in [0.15, 0.2) is 11.5 Å². The number of aromatic amines is 1. The molecule has 0 atom stereocenters. The highest BCUT2D eigenvalue weighted by Gasteiger charge is 2.14. The number of nitriles is 1. The van der Waals surface area contributed by atoms with Gasteiger partial charge >= 0.3 is 0 Å². The zero-order valence-corrected chi connectivity index (χ0v) is 17.7. The highest BCUT2D eigenvalue weighted by atomic mass is 79.9. The Morgan fingerprint density at radius 1 is 1.29 bits per heavy atom. The van der Waals surface area contributed by atoms with Crippen LogP contribution in [0.1, 0.15) is 32.2 Å². The largest absolute Gasteiger partial charge is 0.490 e. The van der Waals surface area contributed by atoms with Crippen molar-refractivity contribution >= 4 is 38.6 Å². The minimum Gasteiger partial charge on any atom is -0.490 e. The van der Waals surface area contributed by atoms with Gasteiger partial charge in [-0.1, -0.05) is 26.0 Å². The maximum absolute atomic E-state index is 9.66. The van der Waals surface area contributed by atoms with E-state index < -0.39 is 0 Å². The maximum atomic E-state index is 9.66. The van der Waals surface area contributed by atoms with Gasteiger partial charge in [-0.25, -0.2) is 4.98 Å². The number of hydrogen-bond acceptors (Lipinski definition) is 4. The minimum atomic E-state index is 0.402. The number of rotatable bonds is 7. The standard InChI is InChI=1S/C22H22BrN3O2/c1-4-27-20-11-15(10-17(23)21(20)28-13-14(2)3)9-16(12-24)22-25-18-7-5-6-8-19(18)26-22/h5-11,14H,4,13H2,1-3H3,(H,25,26)/b16-9-. The van der Waals surface area contributed by atoms with Crippen LogP contribution in [0.2, 0.25) is 0 Å². The van der Waals surface area contributed by atoms with Gasteiger partial charge in [-0.05, 0) is 64.7 Å². The molecule has 0 aliphatic carbocycles. The quantitative estimate of drug-likeness (QED) is 0.470. The van der Waals surface area contributed by atoms with E-state index in [1.165, 1.54) is 0 Å². The predicted molar refractivity (Wildman–Crippen MR) is 115 cm³/mol. The van der Waals surface area contributed by atoms with E-state index in [0.29, 0.717) is 42.0 Å². The van der Waals surface area contributed by atoms with E-state index in [9.17, 15) is 5.26 Å². The minimum absolute atomic E-state index is 0.402. The van der Waals surface area contributed by atoms with Crippen LogP contribution in [0, 0.1) is 17.2 Å². The SMILES string of the molecule is CCOc1cc(/C=C(/C#N)c2nc3ccccc3[nH]2)cc(Br)c1OCC(C)C. The Hall–Kier alpha value is -2.78. The van der Waals surface area contributed by atoms with Crippen molar-refractivity contribution in [3.05, 3.63) is 52.3 Å². The summed E-state index contributed by atoms with van der Waals surface area (Å²) in [6.45, 7) is 7.23. The molecule has 0 bridgehead atoms. The molecule has 0 saturated carbocycles. The fourth-order valence-electron chi connectivity index (χ4n) is 2.72. The molecule has 0 radical (unpaired) electrons. The lowest BCUT2D eigenvalue weighted by Crippen LogP contribution is -2.07.